The molecular formula is C17H23NO2. The molecule has 2 aliphatic rings. The van der Waals surface area contributed by atoms with Gasteiger partial charge in [-0.1, -0.05) is 49.6 Å². The quantitative estimate of drug-likeness (QED) is 0.819. The smallest absolute Gasteiger partial charge is 0.410 e. The van der Waals surface area contributed by atoms with Gasteiger partial charge in [-0.2, -0.15) is 0 Å². The maximum atomic E-state index is 12.1. The molecule has 0 spiro atoms. The number of ether oxygens (including phenoxy) is 1. The van der Waals surface area contributed by atoms with Crippen molar-refractivity contribution in [3.8, 4) is 0 Å². The van der Waals surface area contributed by atoms with Crippen LogP contribution in [0.15, 0.2) is 30.3 Å². The first-order valence-electron chi connectivity index (χ1n) is 7.78. The molecule has 0 N–H and O–H groups in total. The molecule has 1 heterocycles. The van der Waals surface area contributed by atoms with Crippen LogP contribution in [0.1, 0.15) is 37.7 Å². The number of benzene rings is 1. The van der Waals surface area contributed by atoms with E-state index in [0.29, 0.717) is 12.5 Å². The van der Waals surface area contributed by atoms with Crippen LogP contribution in [0.25, 0.3) is 0 Å². The van der Waals surface area contributed by atoms with E-state index in [1.54, 1.807) is 0 Å². The van der Waals surface area contributed by atoms with E-state index < -0.39 is 0 Å². The summed E-state index contributed by atoms with van der Waals surface area (Å²) in [7, 11) is 0. The van der Waals surface area contributed by atoms with Gasteiger partial charge in [-0.15, -0.1) is 0 Å². The Bertz CT molecular complexity index is 446. The Morgan fingerprint density at radius 1 is 1.10 bits per heavy atom. The number of amides is 1. The highest BCUT2D eigenvalue weighted by Gasteiger charge is 2.33. The van der Waals surface area contributed by atoms with Crippen molar-refractivity contribution in [2.24, 2.45) is 11.8 Å². The molecule has 3 heteroatoms. The fourth-order valence-electron chi connectivity index (χ4n) is 3.58. The number of likely N-dealkylation sites (tertiary alicyclic amines) is 1. The van der Waals surface area contributed by atoms with Gasteiger partial charge >= 0.3 is 6.09 Å². The first-order valence-corrected chi connectivity index (χ1v) is 7.78. The number of rotatable bonds is 2. The molecule has 2 fully saturated rings. The number of hydrogen-bond donors (Lipinski definition) is 0. The zero-order chi connectivity index (χ0) is 13.8. The van der Waals surface area contributed by atoms with Crippen molar-refractivity contribution in [3.05, 3.63) is 35.9 Å². The summed E-state index contributed by atoms with van der Waals surface area (Å²) in [5, 5.41) is 0. The average molecular weight is 273 g/mol. The molecule has 1 saturated carbocycles. The second-order valence-electron chi connectivity index (χ2n) is 6.08. The van der Waals surface area contributed by atoms with Crippen molar-refractivity contribution < 1.29 is 9.53 Å². The molecule has 0 bridgehead atoms. The molecule has 1 amide bonds. The van der Waals surface area contributed by atoms with Gasteiger partial charge in [-0.05, 0) is 30.2 Å². The van der Waals surface area contributed by atoms with Gasteiger partial charge in [-0.25, -0.2) is 4.79 Å². The lowest BCUT2D eigenvalue weighted by Crippen LogP contribution is -2.44. The Labute approximate surface area is 120 Å². The Hall–Kier alpha value is -1.51. The minimum atomic E-state index is -0.141. The van der Waals surface area contributed by atoms with E-state index in [-0.39, 0.29) is 6.09 Å². The predicted octanol–water partition coefficient (Wildman–Crippen LogP) is 3.84. The maximum absolute atomic E-state index is 12.1. The normalized spacial score (nSPS) is 25.9. The van der Waals surface area contributed by atoms with Crippen molar-refractivity contribution in [1.82, 2.24) is 4.90 Å². The van der Waals surface area contributed by atoms with Crippen LogP contribution in [0.5, 0.6) is 0 Å². The summed E-state index contributed by atoms with van der Waals surface area (Å²) in [4.78, 5) is 14.1. The second-order valence-corrected chi connectivity index (χ2v) is 6.08. The van der Waals surface area contributed by atoms with Crippen molar-refractivity contribution in [2.75, 3.05) is 13.1 Å². The van der Waals surface area contributed by atoms with Gasteiger partial charge in [0.25, 0.3) is 0 Å². The highest BCUT2D eigenvalue weighted by molar-refractivity contribution is 5.67. The van der Waals surface area contributed by atoms with Crippen LogP contribution >= 0.6 is 0 Å². The van der Waals surface area contributed by atoms with Crippen LogP contribution in [0.2, 0.25) is 0 Å². The Kier molecular flexibility index (Phi) is 4.24. The van der Waals surface area contributed by atoms with Crippen molar-refractivity contribution >= 4 is 6.09 Å². The predicted molar refractivity (Wildman–Crippen MR) is 78.3 cm³/mol. The Morgan fingerprint density at radius 2 is 1.85 bits per heavy atom. The molecule has 1 aliphatic heterocycles. The number of nitrogens with zero attached hydrogens (tertiary/aromatic N) is 1. The Balaban J connectivity index is 1.50. The molecule has 20 heavy (non-hydrogen) atoms. The first-order chi connectivity index (χ1) is 9.83. The van der Waals surface area contributed by atoms with E-state index in [2.05, 4.69) is 0 Å². The van der Waals surface area contributed by atoms with Crippen molar-refractivity contribution in [3.63, 3.8) is 0 Å². The largest absolute Gasteiger partial charge is 0.445 e. The lowest BCUT2D eigenvalue weighted by molar-refractivity contribution is 0.0525. The summed E-state index contributed by atoms with van der Waals surface area (Å²) < 4.78 is 5.43. The molecule has 0 aromatic heterocycles. The lowest BCUT2D eigenvalue weighted by atomic mass is 9.75. The fourth-order valence-corrected chi connectivity index (χ4v) is 3.58. The highest BCUT2D eigenvalue weighted by Crippen LogP contribution is 2.36. The van der Waals surface area contributed by atoms with Crippen LogP contribution in [-0.4, -0.2) is 24.1 Å². The zero-order valence-electron chi connectivity index (χ0n) is 12.0. The number of hydrogen-bond acceptors (Lipinski definition) is 2. The van der Waals surface area contributed by atoms with Crippen molar-refractivity contribution in [2.45, 2.75) is 38.7 Å². The van der Waals surface area contributed by atoms with Gasteiger partial charge in [0.05, 0.1) is 0 Å². The SMILES string of the molecule is O=C(OCc1ccccc1)N1CC[C@@H]2CCCC[C@@H]2C1. The molecule has 1 aromatic rings. The molecule has 108 valence electrons. The van der Waals surface area contributed by atoms with Gasteiger partial charge in [-0.3, -0.25) is 0 Å². The molecule has 0 radical (unpaired) electrons. The van der Waals surface area contributed by atoms with Crippen LogP contribution in [-0.2, 0) is 11.3 Å². The average Bonchev–Trinajstić information content (AvgIpc) is 2.53. The molecule has 3 rings (SSSR count). The highest BCUT2D eigenvalue weighted by atomic mass is 16.6. The first kappa shape index (κ1) is 13.5. The van der Waals surface area contributed by atoms with Gasteiger partial charge < -0.3 is 9.64 Å². The Morgan fingerprint density at radius 3 is 2.65 bits per heavy atom. The third-order valence-electron chi connectivity index (χ3n) is 4.75. The van der Waals surface area contributed by atoms with E-state index in [1.165, 1.54) is 25.7 Å². The third kappa shape index (κ3) is 3.14. The molecule has 3 nitrogen and oxygen atoms in total. The number of carbonyl (C=O) groups excluding carboxylic acids is 1. The molecular weight excluding hydrogens is 250 g/mol. The second kappa shape index (κ2) is 6.29. The summed E-state index contributed by atoms with van der Waals surface area (Å²) in [5.74, 6) is 1.56. The minimum Gasteiger partial charge on any atom is -0.445 e. The van der Waals surface area contributed by atoms with E-state index in [9.17, 15) is 4.79 Å². The van der Waals surface area contributed by atoms with E-state index in [1.807, 2.05) is 35.2 Å². The fraction of sp³-hybridized carbons (Fsp3) is 0.588. The molecule has 0 unspecified atom stereocenters. The van der Waals surface area contributed by atoms with E-state index in [4.69, 9.17) is 4.74 Å². The standard InChI is InChI=1S/C17H23NO2/c19-17(20-13-14-6-2-1-3-7-14)18-11-10-15-8-4-5-9-16(15)12-18/h1-3,6-7,15-16H,4-5,8-13H2/t15-,16+/m0/s1. The molecule has 1 saturated heterocycles. The van der Waals surface area contributed by atoms with Gasteiger partial charge in [0, 0.05) is 13.1 Å². The van der Waals surface area contributed by atoms with Crippen molar-refractivity contribution in [1.29, 1.82) is 0 Å². The topological polar surface area (TPSA) is 29.5 Å². The monoisotopic (exact) mass is 273 g/mol. The van der Waals surface area contributed by atoms with Gasteiger partial charge in [0.2, 0.25) is 0 Å². The van der Waals surface area contributed by atoms with Gasteiger partial charge in [0.1, 0.15) is 6.61 Å². The summed E-state index contributed by atoms with van der Waals surface area (Å²) in [6, 6.07) is 9.88. The van der Waals surface area contributed by atoms with Gasteiger partial charge in [0.15, 0.2) is 0 Å². The zero-order valence-corrected chi connectivity index (χ0v) is 12.0. The van der Waals surface area contributed by atoms with Crippen LogP contribution in [0, 0.1) is 11.8 Å². The number of carbonyl (C=O) groups is 1. The summed E-state index contributed by atoms with van der Waals surface area (Å²) in [6.07, 6.45) is 6.36. The minimum absolute atomic E-state index is 0.141. The summed E-state index contributed by atoms with van der Waals surface area (Å²) >= 11 is 0. The number of fused-ring (bicyclic) bond motifs is 1. The van der Waals surface area contributed by atoms with Crippen LogP contribution in [0.3, 0.4) is 0 Å². The van der Waals surface area contributed by atoms with Crippen LogP contribution in [0.4, 0.5) is 4.79 Å². The maximum Gasteiger partial charge on any atom is 0.410 e. The molecule has 1 aromatic carbocycles. The molecule has 2 atom stereocenters. The molecule has 1 aliphatic carbocycles. The van der Waals surface area contributed by atoms with E-state index >= 15 is 0 Å². The third-order valence-corrected chi connectivity index (χ3v) is 4.75. The summed E-state index contributed by atoms with van der Waals surface area (Å²) in [5.41, 5.74) is 1.05. The summed E-state index contributed by atoms with van der Waals surface area (Å²) in [6.45, 7) is 2.15. The number of piperidine rings is 1. The lowest BCUT2D eigenvalue weighted by Gasteiger charge is -2.40. The van der Waals surface area contributed by atoms with E-state index in [0.717, 1.165) is 31.0 Å². The van der Waals surface area contributed by atoms with Crippen LogP contribution < -0.4 is 0 Å².